The Balaban J connectivity index is 2.65. The predicted octanol–water partition coefficient (Wildman–Crippen LogP) is 3.19. The molecule has 32 heavy (non-hydrogen) atoms. The number of carbonyl (C=O) groups is 3. The number of methoxy groups -OCH3 is 3. The molecule has 0 radical (unpaired) electrons. The van der Waals surface area contributed by atoms with Crippen LogP contribution in [0.4, 0.5) is 0 Å². The molecule has 1 aromatic heterocycles. The summed E-state index contributed by atoms with van der Waals surface area (Å²) in [5.41, 5.74) is 0.138. The zero-order chi connectivity index (χ0) is 23.6. The number of esters is 3. The van der Waals surface area contributed by atoms with Crippen molar-refractivity contribution in [2.24, 2.45) is 0 Å². The number of rotatable bonds is 6. The summed E-state index contributed by atoms with van der Waals surface area (Å²) in [6.45, 7) is 3.70. The Hall–Kier alpha value is -4.08. The first-order valence-electron chi connectivity index (χ1n) is 9.35. The van der Waals surface area contributed by atoms with Crippen molar-refractivity contribution >= 4 is 39.6 Å². The van der Waals surface area contributed by atoms with E-state index in [0.717, 1.165) is 0 Å². The molecule has 2 aromatic carbocycles. The highest BCUT2D eigenvalue weighted by Crippen LogP contribution is 2.50. The van der Waals surface area contributed by atoms with Gasteiger partial charge in [-0.1, -0.05) is 0 Å². The largest absolute Gasteiger partial charge is 0.496 e. The first-order valence-corrected chi connectivity index (χ1v) is 9.35. The van der Waals surface area contributed by atoms with E-state index < -0.39 is 17.9 Å². The van der Waals surface area contributed by atoms with Gasteiger partial charge in [-0.15, -0.1) is 0 Å². The Morgan fingerprint density at radius 3 is 1.78 bits per heavy atom. The molecule has 0 aliphatic heterocycles. The van der Waals surface area contributed by atoms with Gasteiger partial charge in [-0.2, -0.15) is 0 Å². The third-order valence-electron chi connectivity index (χ3n) is 4.35. The van der Waals surface area contributed by atoms with Gasteiger partial charge in [0.25, 0.3) is 0 Å². The SMILES string of the molecule is COc1cc(OC)c2c(OC(C)=O)c3cc(OC(C)=O)cc(OC)c3c(OC(C)=O)c2n1. The zero-order valence-electron chi connectivity index (χ0n) is 18.4. The van der Waals surface area contributed by atoms with Crippen LogP contribution in [0, 0.1) is 0 Å². The summed E-state index contributed by atoms with van der Waals surface area (Å²) in [6, 6.07) is 4.40. The van der Waals surface area contributed by atoms with Gasteiger partial charge >= 0.3 is 17.9 Å². The highest BCUT2D eigenvalue weighted by Gasteiger charge is 2.27. The van der Waals surface area contributed by atoms with E-state index in [0.29, 0.717) is 0 Å². The van der Waals surface area contributed by atoms with E-state index in [4.69, 9.17) is 28.4 Å². The number of pyridine rings is 1. The second kappa shape index (κ2) is 8.96. The molecule has 0 saturated carbocycles. The van der Waals surface area contributed by atoms with Crippen molar-refractivity contribution in [1.29, 1.82) is 0 Å². The van der Waals surface area contributed by atoms with E-state index in [1.165, 1.54) is 60.3 Å². The molecule has 1 heterocycles. The van der Waals surface area contributed by atoms with Gasteiger partial charge in [0.05, 0.1) is 32.1 Å². The fourth-order valence-electron chi connectivity index (χ4n) is 3.28. The molecule has 0 spiro atoms. The molecule has 0 aliphatic carbocycles. The van der Waals surface area contributed by atoms with E-state index in [9.17, 15) is 14.4 Å². The maximum atomic E-state index is 12.0. The number of aromatic nitrogens is 1. The Morgan fingerprint density at radius 1 is 0.688 bits per heavy atom. The van der Waals surface area contributed by atoms with Gasteiger partial charge in [0, 0.05) is 38.3 Å². The fourth-order valence-corrected chi connectivity index (χ4v) is 3.28. The predicted molar refractivity (Wildman–Crippen MR) is 113 cm³/mol. The smallest absolute Gasteiger partial charge is 0.308 e. The third kappa shape index (κ3) is 4.20. The second-order valence-electron chi connectivity index (χ2n) is 6.58. The average Bonchev–Trinajstić information content (AvgIpc) is 2.73. The van der Waals surface area contributed by atoms with Crippen molar-refractivity contribution in [3.8, 4) is 34.6 Å². The summed E-state index contributed by atoms with van der Waals surface area (Å²) in [4.78, 5) is 39.9. The first kappa shape index (κ1) is 22.6. The van der Waals surface area contributed by atoms with E-state index in [-0.39, 0.29) is 56.3 Å². The maximum Gasteiger partial charge on any atom is 0.308 e. The molecule has 0 bridgehead atoms. The highest BCUT2D eigenvalue weighted by molar-refractivity contribution is 6.15. The van der Waals surface area contributed by atoms with Crippen molar-refractivity contribution in [2.45, 2.75) is 20.8 Å². The topological polar surface area (TPSA) is 119 Å². The summed E-state index contributed by atoms with van der Waals surface area (Å²) >= 11 is 0. The molecule has 10 nitrogen and oxygen atoms in total. The van der Waals surface area contributed by atoms with Crippen LogP contribution in [0.3, 0.4) is 0 Å². The van der Waals surface area contributed by atoms with Crippen LogP contribution in [-0.4, -0.2) is 44.2 Å². The quantitative estimate of drug-likeness (QED) is 0.319. The molecule has 0 aliphatic rings. The van der Waals surface area contributed by atoms with E-state index in [2.05, 4.69) is 4.98 Å². The van der Waals surface area contributed by atoms with Gasteiger partial charge in [0.2, 0.25) is 5.88 Å². The monoisotopic (exact) mass is 443 g/mol. The average molecular weight is 443 g/mol. The normalized spacial score (nSPS) is 10.6. The van der Waals surface area contributed by atoms with Crippen molar-refractivity contribution in [1.82, 2.24) is 4.98 Å². The van der Waals surface area contributed by atoms with Crippen LogP contribution < -0.4 is 28.4 Å². The Morgan fingerprint density at radius 2 is 1.25 bits per heavy atom. The molecule has 0 N–H and O–H groups in total. The molecule has 3 aromatic rings. The van der Waals surface area contributed by atoms with Gasteiger partial charge in [0.1, 0.15) is 22.8 Å². The van der Waals surface area contributed by atoms with Crippen molar-refractivity contribution in [3.63, 3.8) is 0 Å². The summed E-state index contributed by atoms with van der Waals surface area (Å²) in [5, 5.41) is 0.782. The van der Waals surface area contributed by atoms with Crippen LogP contribution in [0.1, 0.15) is 20.8 Å². The lowest BCUT2D eigenvalue weighted by atomic mass is 10.0. The van der Waals surface area contributed by atoms with E-state index in [1.54, 1.807) is 0 Å². The lowest BCUT2D eigenvalue weighted by Gasteiger charge is -2.19. The molecule has 168 valence electrons. The van der Waals surface area contributed by atoms with Gasteiger partial charge < -0.3 is 28.4 Å². The standard InChI is InChI=1S/C22H21NO9/c1-10(24)30-13-7-14-18(15(8-13)27-4)22(32-12(3)26)20-19(21(14)31-11(2)25)16(28-5)9-17(23-20)29-6/h7-9H,1-6H3. The maximum absolute atomic E-state index is 12.0. The number of fused-ring (bicyclic) bond motifs is 2. The number of benzene rings is 2. The minimum absolute atomic E-state index is 0.0295. The van der Waals surface area contributed by atoms with E-state index in [1.807, 2.05) is 0 Å². The van der Waals surface area contributed by atoms with E-state index >= 15 is 0 Å². The molecule has 0 atom stereocenters. The Kier molecular flexibility index (Phi) is 6.33. The lowest BCUT2D eigenvalue weighted by molar-refractivity contribution is -0.132. The lowest BCUT2D eigenvalue weighted by Crippen LogP contribution is -2.09. The van der Waals surface area contributed by atoms with Crippen LogP contribution in [-0.2, 0) is 14.4 Å². The second-order valence-corrected chi connectivity index (χ2v) is 6.58. The van der Waals surface area contributed by atoms with Gasteiger partial charge in [-0.25, -0.2) is 4.98 Å². The number of hydrogen-bond donors (Lipinski definition) is 0. The zero-order valence-corrected chi connectivity index (χ0v) is 18.4. The van der Waals surface area contributed by atoms with Gasteiger partial charge in [-0.05, 0) is 6.07 Å². The third-order valence-corrected chi connectivity index (χ3v) is 4.35. The van der Waals surface area contributed by atoms with Crippen LogP contribution in [0.25, 0.3) is 21.7 Å². The summed E-state index contributed by atoms with van der Waals surface area (Å²) < 4.78 is 32.5. The fraction of sp³-hybridized carbons (Fsp3) is 0.273. The number of carbonyl (C=O) groups excluding carboxylic acids is 3. The highest BCUT2D eigenvalue weighted by atomic mass is 16.5. The minimum atomic E-state index is -0.623. The van der Waals surface area contributed by atoms with Crippen LogP contribution in [0.5, 0.6) is 34.6 Å². The summed E-state index contributed by atoms with van der Waals surface area (Å²) in [5.74, 6) is -0.991. The number of nitrogens with zero attached hydrogens (tertiary/aromatic N) is 1. The summed E-state index contributed by atoms with van der Waals surface area (Å²) in [6.07, 6.45) is 0. The Labute approximate surface area is 182 Å². The molecular weight excluding hydrogens is 422 g/mol. The molecule has 0 fully saturated rings. The summed E-state index contributed by atoms with van der Waals surface area (Å²) in [7, 11) is 4.22. The van der Waals surface area contributed by atoms with Crippen LogP contribution in [0.15, 0.2) is 18.2 Å². The van der Waals surface area contributed by atoms with Crippen LogP contribution in [0.2, 0.25) is 0 Å². The van der Waals surface area contributed by atoms with Crippen molar-refractivity contribution < 1.29 is 42.8 Å². The number of ether oxygens (including phenoxy) is 6. The minimum Gasteiger partial charge on any atom is -0.496 e. The van der Waals surface area contributed by atoms with Gasteiger partial charge in [-0.3, -0.25) is 14.4 Å². The van der Waals surface area contributed by atoms with Crippen LogP contribution >= 0.6 is 0 Å². The molecule has 10 heteroatoms. The molecule has 0 saturated heterocycles. The van der Waals surface area contributed by atoms with Crippen molar-refractivity contribution in [2.75, 3.05) is 21.3 Å². The first-order chi connectivity index (χ1) is 15.2. The number of hydrogen-bond acceptors (Lipinski definition) is 10. The molecule has 3 rings (SSSR count). The Bertz CT molecular complexity index is 1250. The molecular formula is C22H21NO9. The van der Waals surface area contributed by atoms with Gasteiger partial charge in [0.15, 0.2) is 11.5 Å². The van der Waals surface area contributed by atoms with Crippen molar-refractivity contribution in [3.05, 3.63) is 18.2 Å². The molecule has 0 unspecified atom stereocenters. The molecule has 0 amide bonds.